The Kier molecular flexibility index (Phi) is 3.95. The van der Waals surface area contributed by atoms with Gasteiger partial charge >= 0.3 is 0 Å². The molecule has 0 aliphatic carbocycles. The summed E-state index contributed by atoms with van der Waals surface area (Å²) < 4.78 is 15.2. The average Bonchev–Trinajstić information content (AvgIpc) is 2.28. The fourth-order valence-electron chi connectivity index (χ4n) is 1.32. The molecule has 0 bridgehead atoms. The van der Waals surface area contributed by atoms with Crippen LogP contribution in [0.1, 0.15) is 11.1 Å². The first-order chi connectivity index (χ1) is 7.26. The molecule has 0 radical (unpaired) electrons. The van der Waals surface area contributed by atoms with Crippen molar-refractivity contribution >= 4 is 0 Å². The second-order valence-corrected chi connectivity index (χ2v) is 2.91. The quantitative estimate of drug-likeness (QED) is 0.754. The summed E-state index contributed by atoms with van der Waals surface area (Å²) in [4.78, 5) is 0. The zero-order valence-corrected chi connectivity index (χ0v) is 9.03. The fraction of sp³-hybridized carbons (Fsp3) is 0.364. The standard InChI is InChI=1S/C11H13NO3/c1-13-7-8-4-9(14-2)5-11(15-3)10(8)6-12/h4-5H,7H2,1-3H3. The van der Waals surface area contributed by atoms with Crippen LogP contribution in [-0.2, 0) is 11.3 Å². The molecule has 0 aliphatic heterocycles. The van der Waals surface area contributed by atoms with Crippen LogP contribution in [0, 0.1) is 11.3 Å². The molecule has 4 nitrogen and oxygen atoms in total. The van der Waals surface area contributed by atoms with Crippen molar-refractivity contribution in [2.24, 2.45) is 0 Å². The van der Waals surface area contributed by atoms with Gasteiger partial charge in [0.05, 0.1) is 26.4 Å². The van der Waals surface area contributed by atoms with E-state index in [1.165, 1.54) is 7.11 Å². The number of benzene rings is 1. The van der Waals surface area contributed by atoms with Gasteiger partial charge in [-0.3, -0.25) is 0 Å². The van der Waals surface area contributed by atoms with Crippen LogP contribution in [0.3, 0.4) is 0 Å². The van der Waals surface area contributed by atoms with Crippen molar-refractivity contribution in [3.8, 4) is 17.6 Å². The van der Waals surface area contributed by atoms with E-state index < -0.39 is 0 Å². The summed E-state index contributed by atoms with van der Waals surface area (Å²) in [6.45, 7) is 0.358. The highest BCUT2D eigenvalue weighted by molar-refractivity contribution is 5.53. The summed E-state index contributed by atoms with van der Waals surface area (Å²) in [5.41, 5.74) is 1.25. The zero-order valence-electron chi connectivity index (χ0n) is 9.03. The van der Waals surface area contributed by atoms with Crippen molar-refractivity contribution in [1.82, 2.24) is 0 Å². The first-order valence-electron chi connectivity index (χ1n) is 4.40. The van der Waals surface area contributed by atoms with E-state index in [2.05, 4.69) is 6.07 Å². The molecule has 0 saturated carbocycles. The third kappa shape index (κ3) is 2.39. The van der Waals surface area contributed by atoms with Crippen LogP contribution < -0.4 is 9.47 Å². The number of ether oxygens (including phenoxy) is 3. The van der Waals surface area contributed by atoms with Gasteiger partial charge in [-0.25, -0.2) is 0 Å². The van der Waals surface area contributed by atoms with E-state index in [-0.39, 0.29) is 0 Å². The van der Waals surface area contributed by atoms with Crippen molar-refractivity contribution in [1.29, 1.82) is 5.26 Å². The van der Waals surface area contributed by atoms with Crippen LogP contribution in [0.15, 0.2) is 12.1 Å². The van der Waals surface area contributed by atoms with Crippen molar-refractivity contribution < 1.29 is 14.2 Å². The van der Waals surface area contributed by atoms with Crippen LogP contribution in [0.2, 0.25) is 0 Å². The molecular weight excluding hydrogens is 194 g/mol. The van der Waals surface area contributed by atoms with E-state index in [1.54, 1.807) is 26.4 Å². The Morgan fingerprint density at radius 3 is 2.40 bits per heavy atom. The van der Waals surface area contributed by atoms with E-state index in [9.17, 15) is 0 Å². The number of nitrogens with zero attached hydrogens (tertiary/aromatic N) is 1. The highest BCUT2D eigenvalue weighted by Crippen LogP contribution is 2.28. The van der Waals surface area contributed by atoms with Gasteiger partial charge in [-0.15, -0.1) is 0 Å². The highest BCUT2D eigenvalue weighted by Gasteiger charge is 2.11. The second kappa shape index (κ2) is 5.23. The Morgan fingerprint density at radius 2 is 1.93 bits per heavy atom. The first-order valence-corrected chi connectivity index (χ1v) is 4.40. The Labute approximate surface area is 89.0 Å². The summed E-state index contributed by atoms with van der Waals surface area (Å²) in [7, 11) is 4.66. The predicted molar refractivity (Wildman–Crippen MR) is 55.0 cm³/mol. The topological polar surface area (TPSA) is 51.5 Å². The molecule has 1 aromatic rings. The Hall–Kier alpha value is -1.73. The molecule has 1 rings (SSSR count). The maximum absolute atomic E-state index is 8.99. The van der Waals surface area contributed by atoms with E-state index in [1.807, 2.05) is 0 Å². The monoisotopic (exact) mass is 207 g/mol. The smallest absolute Gasteiger partial charge is 0.140 e. The molecule has 1 aromatic carbocycles. The van der Waals surface area contributed by atoms with Crippen LogP contribution in [-0.4, -0.2) is 21.3 Å². The van der Waals surface area contributed by atoms with Crippen molar-refractivity contribution in [2.45, 2.75) is 6.61 Å². The van der Waals surface area contributed by atoms with Gasteiger partial charge in [-0.05, 0) is 6.07 Å². The van der Waals surface area contributed by atoms with Gasteiger partial charge in [-0.2, -0.15) is 5.26 Å². The predicted octanol–water partition coefficient (Wildman–Crippen LogP) is 1.72. The van der Waals surface area contributed by atoms with Gasteiger partial charge in [0.25, 0.3) is 0 Å². The number of rotatable bonds is 4. The summed E-state index contributed by atoms with van der Waals surface area (Å²) in [6.07, 6.45) is 0. The molecule has 0 fully saturated rings. The molecule has 0 N–H and O–H groups in total. The number of hydrogen-bond donors (Lipinski definition) is 0. The number of nitriles is 1. The lowest BCUT2D eigenvalue weighted by Gasteiger charge is -2.10. The lowest BCUT2D eigenvalue weighted by molar-refractivity contribution is 0.184. The van der Waals surface area contributed by atoms with Crippen LogP contribution >= 0.6 is 0 Å². The minimum atomic E-state index is 0.358. The van der Waals surface area contributed by atoms with E-state index in [0.717, 1.165) is 5.56 Å². The lowest BCUT2D eigenvalue weighted by Crippen LogP contribution is -1.98. The highest BCUT2D eigenvalue weighted by atomic mass is 16.5. The number of hydrogen-bond acceptors (Lipinski definition) is 4. The molecule has 0 heterocycles. The Bertz CT molecular complexity index is 382. The van der Waals surface area contributed by atoms with Gasteiger partial charge in [0.15, 0.2) is 0 Å². The summed E-state index contributed by atoms with van der Waals surface area (Å²) in [5.74, 6) is 1.15. The van der Waals surface area contributed by atoms with Crippen molar-refractivity contribution in [3.05, 3.63) is 23.3 Å². The fourth-order valence-corrected chi connectivity index (χ4v) is 1.32. The Balaban J connectivity index is 3.27. The normalized spacial score (nSPS) is 9.47. The molecule has 80 valence electrons. The molecular formula is C11H13NO3. The van der Waals surface area contributed by atoms with Crippen molar-refractivity contribution in [2.75, 3.05) is 21.3 Å². The molecule has 15 heavy (non-hydrogen) atoms. The lowest BCUT2D eigenvalue weighted by atomic mass is 10.1. The molecule has 0 spiro atoms. The molecule has 0 unspecified atom stereocenters. The first kappa shape index (κ1) is 11.3. The van der Waals surface area contributed by atoms with E-state index in [0.29, 0.717) is 23.7 Å². The molecule has 0 aromatic heterocycles. The maximum Gasteiger partial charge on any atom is 0.140 e. The molecule has 4 heteroatoms. The van der Waals surface area contributed by atoms with Gasteiger partial charge in [0.2, 0.25) is 0 Å². The third-order valence-corrected chi connectivity index (χ3v) is 2.02. The minimum Gasteiger partial charge on any atom is -0.497 e. The summed E-state index contributed by atoms with van der Waals surface area (Å²) >= 11 is 0. The zero-order chi connectivity index (χ0) is 11.3. The van der Waals surface area contributed by atoms with Crippen LogP contribution in [0.5, 0.6) is 11.5 Å². The Morgan fingerprint density at radius 1 is 1.20 bits per heavy atom. The number of methoxy groups -OCH3 is 3. The van der Waals surface area contributed by atoms with Gasteiger partial charge < -0.3 is 14.2 Å². The molecule has 0 saturated heterocycles. The maximum atomic E-state index is 8.99. The van der Waals surface area contributed by atoms with Gasteiger partial charge in [-0.1, -0.05) is 0 Å². The summed E-state index contributed by atoms with van der Waals surface area (Å²) in [5, 5.41) is 8.99. The average molecular weight is 207 g/mol. The minimum absolute atomic E-state index is 0.358. The molecule has 0 atom stereocenters. The van der Waals surface area contributed by atoms with Gasteiger partial charge in [0, 0.05) is 18.7 Å². The van der Waals surface area contributed by atoms with Crippen molar-refractivity contribution in [3.63, 3.8) is 0 Å². The van der Waals surface area contributed by atoms with E-state index in [4.69, 9.17) is 19.5 Å². The van der Waals surface area contributed by atoms with E-state index >= 15 is 0 Å². The summed E-state index contributed by atoms with van der Waals surface area (Å²) in [6, 6.07) is 5.54. The largest absolute Gasteiger partial charge is 0.497 e. The molecule has 0 amide bonds. The SMILES string of the molecule is COCc1cc(OC)cc(OC)c1C#N. The molecule has 0 aliphatic rings. The van der Waals surface area contributed by atoms with Gasteiger partial charge in [0.1, 0.15) is 17.6 Å². The van der Waals surface area contributed by atoms with Crippen LogP contribution in [0.4, 0.5) is 0 Å². The second-order valence-electron chi connectivity index (χ2n) is 2.91. The third-order valence-electron chi connectivity index (χ3n) is 2.02. The van der Waals surface area contributed by atoms with Crippen LogP contribution in [0.25, 0.3) is 0 Å².